The van der Waals surface area contributed by atoms with Gasteiger partial charge >= 0.3 is 0 Å². The van der Waals surface area contributed by atoms with Crippen molar-refractivity contribution in [3.05, 3.63) is 30.6 Å². The highest BCUT2D eigenvalue weighted by molar-refractivity contribution is 6.17. The molecule has 0 aromatic carbocycles. The van der Waals surface area contributed by atoms with Crippen LogP contribution in [0.4, 0.5) is 5.82 Å². The number of hydrogen-bond donors (Lipinski definition) is 1. The van der Waals surface area contributed by atoms with Gasteiger partial charge in [-0.3, -0.25) is 4.40 Å². The first-order valence-corrected chi connectivity index (χ1v) is 5.75. The summed E-state index contributed by atoms with van der Waals surface area (Å²) in [6, 6.07) is 5.95. The van der Waals surface area contributed by atoms with Crippen molar-refractivity contribution in [3.8, 4) is 0 Å². The Morgan fingerprint density at radius 1 is 1.38 bits per heavy atom. The summed E-state index contributed by atoms with van der Waals surface area (Å²) in [5, 5.41) is 3.29. The molecule has 2 heterocycles. The third-order valence-electron chi connectivity index (χ3n) is 2.20. The summed E-state index contributed by atoms with van der Waals surface area (Å²) in [6.45, 7) is 2.00. The van der Waals surface area contributed by atoms with Crippen LogP contribution in [0.25, 0.3) is 5.65 Å². The second-order valence-electron chi connectivity index (χ2n) is 3.29. The molecule has 2 aromatic heterocycles. The maximum atomic E-state index is 5.50. The van der Waals surface area contributed by atoms with Crippen molar-refractivity contribution in [2.75, 3.05) is 31.0 Å². The zero-order valence-corrected chi connectivity index (χ0v) is 9.65. The molecule has 0 spiro atoms. The van der Waals surface area contributed by atoms with Gasteiger partial charge in [0.2, 0.25) is 0 Å². The molecule has 0 unspecified atom stereocenters. The van der Waals surface area contributed by atoms with E-state index in [4.69, 9.17) is 16.3 Å². The fraction of sp³-hybridized carbons (Fsp3) is 0.364. The molecular formula is C11H14ClN3O. The lowest BCUT2D eigenvalue weighted by molar-refractivity contribution is 0.160. The first-order chi connectivity index (χ1) is 7.92. The Morgan fingerprint density at radius 2 is 2.31 bits per heavy atom. The number of fused-ring (bicyclic) bond motifs is 1. The average molecular weight is 240 g/mol. The number of alkyl halides is 1. The van der Waals surface area contributed by atoms with Gasteiger partial charge in [-0.05, 0) is 12.1 Å². The van der Waals surface area contributed by atoms with Gasteiger partial charge in [0.25, 0.3) is 0 Å². The highest BCUT2D eigenvalue weighted by Crippen LogP contribution is 2.10. The van der Waals surface area contributed by atoms with Gasteiger partial charge in [-0.25, -0.2) is 4.98 Å². The summed E-state index contributed by atoms with van der Waals surface area (Å²) in [7, 11) is 0. The Morgan fingerprint density at radius 3 is 3.19 bits per heavy atom. The van der Waals surface area contributed by atoms with Crippen LogP contribution >= 0.6 is 11.6 Å². The smallest absolute Gasteiger partial charge is 0.138 e. The zero-order valence-electron chi connectivity index (χ0n) is 8.90. The maximum absolute atomic E-state index is 5.50. The Kier molecular flexibility index (Phi) is 4.02. The predicted octanol–water partition coefficient (Wildman–Crippen LogP) is 2.00. The molecule has 16 heavy (non-hydrogen) atoms. The van der Waals surface area contributed by atoms with Crippen LogP contribution in [0.2, 0.25) is 0 Å². The number of nitrogens with one attached hydrogen (secondary N) is 1. The summed E-state index contributed by atoms with van der Waals surface area (Å²) >= 11 is 5.50. The molecule has 0 aliphatic carbocycles. The highest BCUT2D eigenvalue weighted by Gasteiger charge is 1.98. The van der Waals surface area contributed by atoms with E-state index >= 15 is 0 Å². The van der Waals surface area contributed by atoms with Crippen LogP contribution in [0, 0.1) is 0 Å². The van der Waals surface area contributed by atoms with E-state index in [1.807, 2.05) is 28.8 Å². The van der Waals surface area contributed by atoms with Crippen LogP contribution in [0.3, 0.4) is 0 Å². The maximum Gasteiger partial charge on any atom is 0.138 e. The lowest BCUT2D eigenvalue weighted by Gasteiger charge is -2.08. The predicted molar refractivity (Wildman–Crippen MR) is 65.2 cm³/mol. The van der Waals surface area contributed by atoms with Crippen molar-refractivity contribution in [1.29, 1.82) is 0 Å². The number of hydrogen-bond acceptors (Lipinski definition) is 3. The molecule has 4 nitrogen and oxygen atoms in total. The highest BCUT2D eigenvalue weighted by atomic mass is 35.5. The van der Waals surface area contributed by atoms with Crippen LogP contribution in [0.5, 0.6) is 0 Å². The van der Waals surface area contributed by atoms with E-state index in [9.17, 15) is 0 Å². The molecule has 2 aromatic rings. The second kappa shape index (κ2) is 5.72. The number of aromatic nitrogens is 2. The van der Waals surface area contributed by atoms with E-state index in [0.29, 0.717) is 19.1 Å². The standard InChI is InChI=1S/C11H14ClN3O/c12-4-8-16-9-6-14-11-3-1-2-10-13-5-7-15(10)11/h1-3,5,7,14H,4,6,8-9H2. The minimum Gasteiger partial charge on any atom is -0.378 e. The third kappa shape index (κ3) is 2.65. The molecule has 0 fully saturated rings. The molecule has 5 heteroatoms. The van der Waals surface area contributed by atoms with E-state index in [2.05, 4.69) is 10.3 Å². The van der Waals surface area contributed by atoms with Crippen LogP contribution in [0.15, 0.2) is 30.6 Å². The number of nitrogens with zero attached hydrogens (tertiary/aromatic N) is 2. The molecular weight excluding hydrogens is 226 g/mol. The van der Waals surface area contributed by atoms with Gasteiger partial charge in [-0.15, -0.1) is 11.6 Å². The first-order valence-electron chi connectivity index (χ1n) is 5.21. The van der Waals surface area contributed by atoms with E-state index in [1.54, 1.807) is 6.20 Å². The van der Waals surface area contributed by atoms with Gasteiger partial charge in [-0.1, -0.05) is 6.07 Å². The minimum atomic E-state index is 0.539. The molecule has 0 saturated heterocycles. The average Bonchev–Trinajstić information content (AvgIpc) is 2.77. The van der Waals surface area contributed by atoms with Gasteiger partial charge in [0, 0.05) is 24.8 Å². The number of ether oxygens (including phenoxy) is 1. The van der Waals surface area contributed by atoms with Gasteiger partial charge < -0.3 is 10.1 Å². The van der Waals surface area contributed by atoms with Gasteiger partial charge in [0.1, 0.15) is 11.5 Å². The van der Waals surface area contributed by atoms with Gasteiger partial charge in [0.05, 0.1) is 13.2 Å². The van der Waals surface area contributed by atoms with Crippen molar-refractivity contribution >= 4 is 23.1 Å². The fourth-order valence-corrected chi connectivity index (χ4v) is 1.61. The molecule has 1 N–H and O–H groups in total. The third-order valence-corrected chi connectivity index (χ3v) is 2.36. The molecule has 0 aliphatic rings. The number of pyridine rings is 1. The topological polar surface area (TPSA) is 38.6 Å². The molecule has 0 aliphatic heterocycles. The normalized spacial score (nSPS) is 10.8. The van der Waals surface area contributed by atoms with Crippen molar-refractivity contribution in [3.63, 3.8) is 0 Å². The summed E-state index contributed by atoms with van der Waals surface area (Å²) in [5.74, 6) is 1.56. The van der Waals surface area contributed by atoms with Crippen LogP contribution < -0.4 is 5.32 Å². The van der Waals surface area contributed by atoms with Crippen LogP contribution in [0.1, 0.15) is 0 Å². The van der Waals surface area contributed by atoms with Crippen molar-refractivity contribution < 1.29 is 4.74 Å². The minimum absolute atomic E-state index is 0.539. The van der Waals surface area contributed by atoms with E-state index < -0.39 is 0 Å². The van der Waals surface area contributed by atoms with Gasteiger partial charge in [-0.2, -0.15) is 0 Å². The van der Waals surface area contributed by atoms with Gasteiger partial charge in [0.15, 0.2) is 0 Å². The van der Waals surface area contributed by atoms with Crippen molar-refractivity contribution in [1.82, 2.24) is 9.38 Å². The zero-order chi connectivity index (χ0) is 11.2. The van der Waals surface area contributed by atoms with Crippen molar-refractivity contribution in [2.45, 2.75) is 0 Å². The summed E-state index contributed by atoms with van der Waals surface area (Å²) in [4.78, 5) is 4.21. The Labute approximate surface area is 99.2 Å². The number of imidazole rings is 1. The van der Waals surface area contributed by atoms with Crippen LogP contribution in [-0.4, -0.2) is 35.0 Å². The monoisotopic (exact) mass is 239 g/mol. The first kappa shape index (κ1) is 11.2. The summed E-state index contributed by atoms with van der Waals surface area (Å²) in [5.41, 5.74) is 0.937. The number of halogens is 1. The van der Waals surface area contributed by atoms with Crippen LogP contribution in [-0.2, 0) is 4.74 Å². The largest absolute Gasteiger partial charge is 0.378 e. The fourth-order valence-electron chi connectivity index (χ4n) is 1.50. The van der Waals surface area contributed by atoms with E-state index in [0.717, 1.165) is 18.0 Å². The SMILES string of the molecule is ClCCOCCNc1cccc2nccn12. The Hall–Kier alpha value is -1.26. The molecule has 0 amide bonds. The molecule has 2 rings (SSSR count). The lowest BCUT2D eigenvalue weighted by Crippen LogP contribution is -2.12. The Bertz CT molecular complexity index is 443. The molecule has 86 valence electrons. The molecule has 0 saturated carbocycles. The quantitative estimate of drug-likeness (QED) is 0.619. The number of rotatable bonds is 6. The van der Waals surface area contributed by atoms with Crippen molar-refractivity contribution in [2.24, 2.45) is 0 Å². The lowest BCUT2D eigenvalue weighted by atomic mass is 10.4. The summed E-state index contributed by atoms with van der Waals surface area (Å²) in [6.07, 6.45) is 3.71. The second-order valence-corrected chi connectivity index (χ2v) is 3.67. The molecule has 0 bridgehead atoms. The molecule has 0 radical (unpaired) electrons. The number of anilines is 1. The van der Waals surface area contributed by atoms with E-state index in [1.165, 1.54) is 0 Å². The Balaban J connectivity index is 1.91. The summed E-state index contributed by atoms with van der Waals surface area (Å²) < 4.78 is 7.28. The molecule has 0 atom stereocenters. The van der Waals surface area contributed by atoms with E-state index in [-0.39, 0.29) is 0 Å².